The Hall–Kier alpha value is -1.40. The summed E-state index contributed by atoms with van der Waals surface area (Å²) < 4.78 is 33.2. The van der Waals surface area contributed by atoms with Gasteiger partial charge in [-0.25, -0.2) is 0 Å². The number of hydrogen-bond acceptors (Lipinski definition) is 10. The zero-order valence-corrected chi connectivity index (χ0v) is 28.4. The molecule has 3 saturated carbocycles. The summed E-state index contributed by atoms with van der Waals surface area (Å²) in [5.41, 5.74) is -5.87. The molecule has 0 aromatic carbocycles. The molecule has 3 N–H and O–H groups in total. The predicted octanol–water partition coefficient (Wildman–Crippen LogP) is 4.50. The molecule has 6 fully saturated rings. The Kier molecular flexibility index (Phi) is 9.12. The quantitative estimate of drug-likeness (QED) is 0.101. The van der Waals surface area contributed by atoms with Gasteiger partial charge in [0.25, 0.3) is 5.97 Å². The number of epoxide rings is 1. The van der Waals surface area contributed by atoms with Crippen molar-refractivity contribution in [3.8, 4) is 0 Å². The first-order valence-electron chi connectivity index (χ1n) is 18.0. The van der Waals surface area contributed by atoms with E-state index in [1.165, 1.54) is 51.9 Å². The zero-order valence-electron chi connectivity index (χ0n) is 28.4. The van der Waals surface area contributed by atoms with Gasteiger partial charge in [-0.1, -0.05) is 91.6 Å². The van der Waals surface area contributed by atoms with Gasteiger partial charge in [-0.15, -0.1) is 0 Å². The van der Waals surface area contributed by atoms with Crippen LogP contribution < -0.4 is 0 Å². The predicted molar refractivity (Wildman–Crippen MR) is 167 cm³/mol. The van der Waals surface area contributed by atoms with Crippen LogP contribution in [0, 0.1) is 23.7 Å². The van der Waals surface area contributed by atoms with Crippen LogP contribution in [0.15, 0.2) is 12.2 Å². The fourth-order valence-electron chi connectivity index (χ4n) is 10.4. The highest BCUT2D eigenvalue weighted by Crippen LogP contribution is 2.74. The second kappa shape index (κ2) is 12.2. The molecule has 6 aliphatic rings. The van der Waals surface area contributed by atoms with Crippen molar-refractivity contribution in [3.63, 3.8) is 0 Å². The molecule has 0 radical (unpaired) electrons. The number of rotatable bonds is 15. The number of hydrogen-bond donors (Lipinski definition) is 3. The van der Waals surface area contributed by atoms with Crippen molar-refractivity contribution in [2.75, 3.05) is 6.61 Å². The largest absolute Gasteiger partial charge is 0.459 e. The Balaban J connectivity index is 1.32. The van der Waals surface area contributed by atoms with Gasteiger partial charge in [0, 0.05) is 37.0 Å². The van der Waals surface area contributed by atoms with E-state index in [-0.39, 0.29) is 6.42 Å². The molecule has 10 nitrogen and oxygen atoms in total. The molecule has 3 heterocycles. The number of carbonyl (C=O) groups is 2. The molecule has 3 saturated heterocycles. The second-order valence-electron chi connectivity index (χ2n) is 15.4. The molecule has 6 rings (SSSR count). The van der Waals surface area contributed by atoms with E-state index in [2.05, 4.69) is 13.5 Å². The highest BCUT2D eigenvalue weighted by molar-refractivity contribution is 5.93. The van der Waals surface area contributed by atoms with Gasteiger partial charge in [0.2, 0.25) is 0 Å². The van der Waals surface area contributed by atoms with Crippen molar-refractivity contribution in [1.82, 2.24) is 0 Å². The maximum Gasteiger partial charge on any atom is 0.303 e. The Morgan fingerprint density at radius 2 is 1.57 bits per heavy atom. The number of ketones is 1. The van der Waals surface area contributed by atoms with Crippen LogP contribution in [0.2, 0.25) is 0 Å². The van der Waals surface area contributed by atoms with E-state index in [9.17, 15) is 24.9 Å². The van der Waals surface area contributed by atoms with E-state index in [1.807, 2.05) is 13.8 Å². The Bertz CT molecular complexity index is 1210. The number of carbonyl (C=O) groups excluding carboxylic acids is 2. The van der Waals surface area contributed by atoms with Crippen molar-refractivity contribution >= 4 is 11.8 Å². The first-order chi connectivity index (χ1) is 21.8. The Morgan fingerprint density at radius 3 is 2.13 bits per heavy atom. The van der Waals surface area contributed by atoms with Crippen LogP contribution in [0.1, 0.15) is 118 Å². The molecular weight excluding hydrogens is 592 g/mol. The maximum absolute atomic E-state index is 13.8. The number of unbranched alkanes of at least 4 members (excludes halogenated alkanes) is 10. The second-order valence-corrected chi connectivity index (χ2v) is 15.4. The van der Waals surface area contributed by atoms with Gasteiger partial charge in [-0.2, -0.15) is 0 Å². The van der Waals surface area contributed by atoms with Gasteiger partial charge in [0.1, 0.15) is 30.0 Å². The smallest absolute Gasteiger partial charge is 0.303 e. The lowest BCUT2D eigenvalue weighted by atomic mass is 9.52. The standard InChI is InChI=1S/C36H56O10/c1-7-8-9-10-11-12-13-14-15-16-17-18-33-44-30-26-29-32(20-37,43-29)31(40)34(41)25(19-22(4)27(34)39)36(26,46-33)23(5)28(42-24(6)38)35(30,45-33)21(2)3/h22-23,25-26,28-31,37,40-41H,2,7-20H2,1,3-6H3/t22?,23-,25-,26+,28+,29+,30-,31-,32+,33-,34-,35-,36+/m1/s1. The lowest BCUT2D eigenvalue weighted by Gasteiger charge is -2.61. The van der Waals surface area contributed by atoms with E-state index >= 15 is 0 Å². The molecule has 0 aromatic rings. The molecule has 0 aromatic heterocycles. The molecule has 0 amide bonds. The number of aliphatic hydroxyl groups excluding tert-OH is 2. The van der Waals surface area contributed by atoms with Crippen LogP contribution in [-0.2, 0) is 33.3 Å². The lowest BCUT2D eigenvalue weighted by molar-refractivity contribution is -0.434. The molecule has 0 spiro atoms. The monoisotopic (exact) mass is 648 g/mol. The Morgan fingerprint density at radius 1 is 0.957 bits per heavy atom. The van der Waals surface area contributed by atoms with E-state index in [1.54, 1.807) is 6.92 Å². The van der Waals surface area contributed by atoms with E-state index < -0.39 is 94.8 Å². The molecular formula is C36H56O10. The van der Waals surface area contributed by atoms with Crippen molar-refractivity contribution in [2.45, 2.75) is 171 Å². The summed E-state index contributed by atoms with van der Waals surface area (Å²) in [6.07, 6.45) is 9.42. The third-order valence-corrected chi connectivity index (χ3v) is 12.6. The third kappa shape index (κ3) is 4.67. The topological polar surface area (TPSA) is 144 Å². The van der Waals surface area contributed by atoms with Crippen molar-refractivity contribution in [3.05, 3.63) is 12.2 Å². The van der Waals surface area contributed by atoms with Gasteiger partial charge in [-0.3, -0.25) is 9.59 Å². The number of Topliss-reactive ketones (excluding diaryl/α,β-unsaturated/α-hetero) is 1. The van der Waals surface area contributed by atoms with Gasteiger partial charge in [0.15, 0.2) is 17.0 Å². The van der Waals surface area contributed by atoms with Gasteiger partial charge < -0.3 is 39.0 Å². The third-order valence-electron chi connectivity index (χ3n) is 12.6. The van der Waals surface area contributed by atoms with Gasteiger partial charge in [0.05, 0.1) is 12.2 Å². The number of esters is 1. The average Bonchev–Trinajstić information content (AvgIpc) is 3.64. The van der Waals surface area contributed by atoms with Crippen LogP contribution in [0.4, 0.5) is 0 Å². The minimum absolute atomic E-state index is 0.246. The number of ether oxygens (including phenoxy) is 5. The maximum atomic E-state index is 13.8. The number of aliphatic hydroxyl groups is 3. The van der Waals surface area contributed by atoms with Crippen molar-refractivity contribution in [1.29, 1.82) is 0 Å². The molecule has 46 heavy (non-hydrogen) atoms. The SMILES string of the molecule is C=C(C)[C@]12O[C@@]3(CCCCCCCCCCCCC)O[C@@H]1[C@@H]1[C@@H]4O[C@]4(CO)[C@@H](O)[C@]4(O)C(=O)C(C)C[C@H]4[C@@]1(O3)[C@H](C)[C@@H]2OC(C)=O. The molecule has 3 aliphatic heterocycles. The van der Waals surface area contributed by atoms with Crippen LogP contribution in [0.25, 0.3) is 0 Å². The summed E-state index contributed by atoms with van der Waals surface area (Å²) in [7, 11) is 0. The van der Waals surface area contributed by atoms with Gasteiger partial charge >= 0.3 is 5.97 Å². The first kappa shape index (κ1) is 34.5. The fraction of sp³-hybridized carbons (Fsp3) is 0.889. The Labute approximate surface area is 273 Å². The molecule has 3 aliphatic carbocycles. The van der Waals surface area contributed by atoms with Crippen LogP contribution in [0.3, 0.4) is 0 Å². The normalized spacial score (nSPS) is 48.0. The highest BCUT2D eigenvalue weighted by Gasteiger charge is 2.90. The summed E-state index contributed by atoms with van der Waals surface area (Å²) in [6, 6.07) is 0. The molecule has 1 unspecified atom stereocenters. The highest BCUT2D eigenvalue weighted by atomic mass is 16.9. The van der Waals surface area contributed by atoms with E-state index in [0.717, 1.165) is 25.7 Å². The van der Waals surface area contributed by atoms with E-state index in [4.69, 9.17) is 23.7 Å². The molecule has 13 atom stereocenters. The molecule has 10 heteroatoms. The van der Waals surface area contributed by atoms with Gasteiger partial charge in [-0.05, 0) is 25.3 Å². The minimum Gasteiger partial charge on any atom is -0.459 e. The first-order valence-corrected chi connectivity index (χ1v) is 18.0. The zero-order chi connectivity index (χ0) is 33.3. The van der Waals surface area contributed by atoms with Crippen LogP contribution in [-0.4, -0.2) is 86.5 Å². The summed E-state index contributed by atoms with van der Waals surface area (Å²) in [6.45, 7) is 12.8. The average molecular weight is 649 g/mol. The fourth-order valence-corrected chi connectivity index (χ4v) is 10.4. The lowest BCUT2D eigenvalue weighted by Crippen LogP contribution is -2.76. The van der Waals surface area contributed by atoms with Crippen LogP contribution in [0.5, 0.6) is 0 Å². The van der Waals surface area contributed by atoms with E-state index in [0.29, 0.717) is 12.0 Å². The minimum atomic E-state index is -2.25. The van der Waals surface area contributed by atoms with Crippen LogP contribution >= 0.6 is 0 Å². The summed E-state index contributed by atoms with van der Waals surface area (Å²) >= 11 is 0. The number of fused-ring (bicyclic) bond motifs is 3. The summed E-state index contributed by atoms with van der Waals surface area (Å²) in [5.74, 6) is -5.28. The van der Waals surface area contributed by atoms with Crippen molar-refractivity contribution in [2.24, 2.45) is 23.7 Å². The molecule has 260 valence electrons. The molecule has 3 bridgehead atoms. The summed E-state index contributed by atoms with van der Waals surface area (Å²) in [5, 5.41) is 34.8. The van der Waals surface area contributed by atoms with Crippen molar-refractivity contribution < 1.29 is 48.6 Å². The summed E-state index contributed by atoms with van der Waals surface area (Å²) in [4.78, 5) is 26.5.